The van der Waals surface area contributed by atoms with Gasteiger partial charge in [-0.3, -0.25) is 9.67 Å². The molecule has 1 aromatic carbocycles. The Bertz CT molecular complexity index is 755. The van der Waals surface area contributed by atoms with Gasteiger partial charge in [-0.1, -0.05) is 18.2 Å². The van der Waals surface area contributed by atoms with Crippen molar-refractivity contribution in [3.63, 3.8) is 0 Å². The first-order chi connectivity index (χ1) is 10.2. The molecule has 0 aliphatic rings. The molecule has 1 unspecified atom stereocenters. The molecule has 0 saturated heterocycles. The number of rotatable bonds is 4. The third-order valence-corrected chi connectivity index (χ3v) is 3.79. The Kier molecular flexibility index (Phi) is 3.71. The van der Waals surface area contributed by atoms with Crippen molar-refractivity contribution < 1.29 is 0 Å². The average molecular weight is 280 g/mol. The van der Waals surface area contributed by atoms with Gasteiger partial charge in [-0.2, -0.15) is 5.10 Å². The Morgan fingerprint density at radius 3 is 2.90 bits per heavy atom. The molecule has 3 aromatic rings. The van der Waals surface area contributed by atoms with Crippen LogP contribution in [0.5, 0.6) is 0 Å². The zero-order valence-corrected chi connectivity index (χ0v) is 12.5. The van der Waals surface area contributed by atoms with Gasteiger partial charge in [-0.05, 0) is 37.6 Å². The average Bonchev–Trinajstić information content (AvgIpc) is 2.86. The van der Waals surface area contributed by atoms with E-state index in [0.29, 0.717) is 0 Å². The van der Waals surface area contributed by atoms with Gasteiger partial charge in [0.25, 0.3) is 0 Å². The van der Waals surface area contributed by atoms with Crippen LogP contribution in [0.2, 0.25) is 0 Å². The Hall–Kier alpha value is -2.20. The predicted octanol–water partition coefficient (Wildman–Crippen LogP) is 3.00. The van der Waals surface area contributed by atoms with E-state index >= 15 is 0 Å². The third kappa shape index (κ3) is 2.67. The molecule has 0 radical (unpaired) electrons. The minimum absolute atomic E-state index is 0.0562. The summed E-state index contributed by atoms with van der Waals surface area (Å²) in [5, 5.41) is 5.62. The minimum atomic E-state index is -0.0562. The van der Waals surface area contributed by atoms with Gasteiger partial charge < -0.3 is 5.73 Å². The van der Waals surface area contributed by atoms with E-state index in [1.165, 1.54) is 5.69 Å². The molecule has 2 heterocycles. The first-order valence-electron chi connectivity index (χ1n) is 7.31. The zero-order chi connectivity index (χ0) is 14.8. The Balaban J connectivity index is 1.95. The summed E-state index contributed by atoms with van der Waals surface area (Å²) in [7, 11) is 0. The summed E-state index contributed by atoms with van der Waals surface area (Å²) in [6.45, 7) is 4.99. The lowest BCUT2D eigenvalue weighted by atomic mass is 9.98. The van der Waals surface area contributed by atoms with E-state index < -0.39 is 0 Å². The van der Waals surface area contributed by atoms with Crippen molar-refractivity contribution >= 4 is 10.9 Å². The van der Waals surface area contributed by atoms with Crippen LogP contribution in [0.15, 0.2) is 42.6 Å². The Labute approximate surface area is 124 Å². The van der Waals surface area contributed by atoms with E-state index in [9.17, 15) is 0 Å². The lowest BCUT2D eigenvalue weighted by Crippen LogP contribution is -2.16. The Morgan fingerprint density at radius 1 is 1.24 bits per heavy atom. The minimum Gasteiger partial charge on any atom is -0.324 e. The van der Waals surface area contributed by atoms with Crippen molar-refractivity contribution in [2.75, 3.05) is 0 Å². The highest BCUT2D eigenvalue weighted by Gasteiger charge is 2.14. The van der Waals surface area contributed by atoms with Gasteiger partial charge in [-0.25, -0.2) is 0 Å². The number of pyridine rings is 1. The van der Waals surface area contributed by atoms with Crippen LogP contribution < -0.4 is 5.73 Å². The standard InChI is InChI=1S/C17H20N4/c1-3-21-13(10-12(2)20-21)11-16(18)14-6-4-8-17-15(14)7-5-9-19-17/h4-10,16H,3,11,18H2,1-2H3. The van der Waals surface area contributed by atoms with Gasteiger partial charge in [0.15, 0.2) is 0 Å². The highest BCUT2D eigenvalue weighted by Crippen LogP contribution is 2.24. The van der Waals surface area contributed by atoms with E-state index in [-0.39, 0.29) is 6.04 Å². The summed E-state index contributed by atoms with van der Waals surface area (Å²) in [4.78, 5) is 4.40. The molecule has 4 nitrogen and oxygen atoms in total. The maximum atomic E-state index is 6.46. The number of aromatic nitrogens is 3. The van der Waals surface area contributed by atoms with Gasteiger partial charge in [0.1, 0.15) is 0 Å². The van der Waals surface area contributed by atoms with Crippen LogP contribution in [0.4, 0.5) is 0 Å². The number of hydrogen-bond acceptors (Lipinski definition) is 3. The first-order valence-corrected chi connectivity index (χ1v) is 7.31. The quantitative estimate of drug-likeness (QED) is 0.799. The van der Waals surface area contributed by atoms with Crippen LogP contribution in [0.3, 0.4) is 0 Å². The summed E-state index contributed by atoms with van der Waals surface area (Å²) in [5.41, 5.74) is 10.8. The second-order valence-corrected chi connectivity index (χ2v) is 5.32. The van der Waals surface area contributed by atoms with Gasteiger partial charge in [0.05, 0.1) is 11.2 Å². The monoisotopic (exact) mass is 280 g/mol. The van der Waals surface area contributed by atoms with Crippen molar-refractivity contribution in [1.82, 2.24) is 14.8 Å². The maximum Gasteiger partial charge on any atom is 0.0705 e. The summed E-state index contributed by atoms with van der Waals surface area (Å²) < 4.78 is 2.03. The van der Waals surface area contributed by atoms with Crippen molar-refractivity contribution in [3.8, 4) is 0 Å². The van der Waals surface area contributed by atoms with Crippen molar-refractivity contribution in [2.24, 2.45) is 5.73 Å². The van der Waals surface area contributed by atoms with Crippen LogP contribution in [-0.4, -0.2) is 14.8 Å². The predicted molar refractivity (Wildman–Crippen MR) is 85.0 cm³/mol. The number of hydrogen-bond donors (Lipinski definition) is 1. The molecule has 0 amide bonds. The highest BCUT2D eigenvalue weighted by molar-refractivity contribution is 5.82. The number of nitrogens with two attached hydrogens (primary N) is 1. The lowest BCUT2D eigenvalue weighted by Gasteiger charge is -2.15. The van der Waals surface area contributed by atoms with E-state index in [0.717, 1.165) is 35.1 Å². The molecular formula is C17H20N4. The van der Waals surface area contributed by atoms with E-state index in [2.05, 4.69) is 35.2 Å². The number of aryl methyl sites for hydroxylation is 2. The molecule has 0 spiro atoms. The van der Waals surface area contributed by atoms with E-state index in [1.54, 1.807) is 0 Å². The fourth-order valence-electron chi connectivity index (χ4n) is 2.82. The third-order valence-electron chi connectivity index (χ3n) is 3.79. The molecule has 108 valence electrons. The molecular weight excluding hydrogens is 260 g/mol. The van der Waals surface area contributed by atoms with Gasteiger partial charge in [-0.15, -0.1) is 0 Å². The summed E-state index contributed by atoms with van der Waals surface area (Å²) in [6, 6.07) is 12.2. The molecule has 2 N–H and O–H groups in total. The van der Waals surface area contributed by atoms with Crippen LogP contribution in [0.25, 0.3) is 10.9 Å². The number of nitrogens with zero attached hydrogens (tertiary/aromatic N) is 3. The second kappa shape index (κ2) is 5.66. The summed E-state index contributed by atoms with van der Waals surface area (Å²) in [5.74, 6) is 0. The molecule has 4 heteroatoms. The van der Waals surface area contributed by atoms with Gasteiger partial charge in [0.2, 0.25) is 0 Å². The van der Waals surface area contributed by atoms with Crippen LogP contribution in [0.1, 0.15) is 29.9 Å². The molecule has 0 fully saturated rings. The van der Waals surface area contributed by atoms with Crippen molar-refractivity contribution in [1.29, 1.82) is 0 Å². The largest absolute Gasteiger partial charge is 0.324 e. The highest BCUT2D eigenvalue weighted by atomic mass is 15.3. The fraction of sp³-hybridized carbons (Fsp3) is 0.294. The molecule has 1 atom stereocenters. The number of benzene rings is 1. The smallest absolute Gasteiger partial charge is 0.0705 e. The molecule has 0 bridgehead atoms. The van der Waals surface area contributed by atoms with E-state index in [4.69, 9.17) is 5.73 Å². The van der Waals surface area contributed by atoms with Crippen LogP contribution >= 0.6 is 0 Å². The molecule has 0 aliphatic carbocycles. The summed E-state index contributed by atoms with van der Waals surface area (Å²) >= 11 is 0. The zero-order valence-electron chi connectivity index (χ0n) is 12.5. The number of fused-ring (bicyclic) bond motifs is 1. The molecule has 0 saturated carbocycles. The molecule has 3 rings (SSSR count). The summed E-state index contributed by atoms with van der Waals surface area (Å²) in [6.07, 6.45) is 2.59. The molecule has 0 aliphatic heterocycles. The lowest BCUT2D eigenvalue weighted by molar-refractivity contribution is 0.588. The van der Waals surface area contributed by atoms with Gasteiger partial charge >= 0.3 is 0 Å². The fourth-order valence-corrected chi connectivity index (χ4v) is 2.82. The van der Waals surface area contributed by atoms with Crippen molar-refractivity contribution in [2.45, 2.75) is 32.9 Å². The molecule has 21 heavy (non-hydrogen) atoms. The Morgan fingerprint density at radius 2 is 2.10 bits per heavy atom. The first kappa shape index (κ1) is 13.8. The van der Waals surface area contributed by atoms with Crippen LogP contribution in [-0.2, 0) is 13.0 Å². The van der Waals surface area contributed by atoms with E-state index in [1.807, 2.05) is 36.0 Å². The van der Waals surface area contributed by atoms with Crippen LogP contribution in [0, 0.1) is 6.92 Å². The normalized spacial score (nSPS) is 12.7. The topological polar surface area (TPSA) is 56.7 Å². The van der Waals surface area contributed by atoms with Gasteiger partial charge in [0, 0.05) is 36.3 Å². The second-order valence-electron chi connectivity index (χ2n) is 5.32. The SMILES string of the molecule is CCn1nc(C)cc1CC(N)c1cccc2ncccc12. The molecule has 2 aromatic heterocycles. The van der Waals surface area contributed by atoms with Crippen molar-refractivity contribution in [3.05, 3.63) is 59.5 Å². The maximum absolute atomic E-state index is 6.46.